The number of nitrogens with zero attached hydrogens (tertiary/aromatic N) is 3. The van der Waals surface area contributed by atoms with Crippen LogP contribution in [0.1, 0.15) is 18.4 Å². The maximum Gasteiger partial charge on any atom is 0.246 e. The van der Waals surface area contributed by atoms with E-state index in [2.05, 4.69) is 10.2 Å². The molecule has 1 amide bonds. The Morgan fingerprint density at radius 1 is 0.970 bits per heavy atom. The van der Waals surface area contributed by atoms with E-state index in [0.29, 0.717) is 19.2 Å². The number of carbonyl (C=O) groups is 1. The maximum atomic E-state index is 14.0. The number of aryl methyl sites for hydroxylation is 1. The van der Waals surface area contributed by atoms with E-state index in [4.69, 9.17) is 0 Å². The SMILES string of the molecule is Cc1cc(NC(=O)CN2CCN(S(=O)(=O)c3cc(F)ccc3F)CC2)ccc1N1CCCC1. The molecule has 0 atom stereocenters. The minimum Gasteiger partial charge on any atom is -0.371 e. The van der Waals surface area contributed by atoms with Crippen LogP contribution in [-0.4, -0.2) is 69.3 Å². The predicted molar refractivity (Wildman–Crippen MR) is 123 cm³/mol. The summed E-state index contributed by atoms with van der Waals surface area (Å²) in [6.45, 7) is 5.08. The second kappa shape index (κ2) is 9.74. The van der Waals surface area contributed by atoms with Gasteiger partial charge >= 0.3 is 0 Å². The molecule has 33 heavy (non-hydrogen) atoms. The van der Waals surface area contributed by atoms with Crippen molar-refractivity contribution in [2.45, 2.75) is 24.7 Å². The quantitative estimate of drug-likeness (QED) is 0.691. The first-order valence-electron chi connectivity index (χ1n) is 11.1. The first-order valence-corrected chi connectivity index (χ1v) is 12.5. The van der Waals surface area contributed by atoms with Gasteiger partial charge in [-0.05, 0) is 61.7 Å². The second-order valence-electron chi connectivity index (χ2n) is 8.50. The summed E-state index contributed by atoms with van der Waals surface area (Å²) in [5.41, 5.74) is 3.03. The number of hydrogen-bond acceptors (Lipinski definition) is 5. The molecule has 2 heterocycles. The number of halogens is 2. The molecule has 2 aliphatic rings. The lowest BCUT2D eigenvalue weighted by atomic mass is 10.1. The summed E-state index contributed by atoms with van der Waals surface area (Å²) in [5.74, 6) is -1.98. The minimum absolute atomic E-state index is 0.0925. The molecule has 2 fully saturated rings. The maximum absolute atomic E-state index is 14.0. The molecule has 10 heteroatoms. The Hall–Kier alpha value is -2.56. The molecule has 0 radical (unpaired) electrons. The van der Waals surface area contributed by atoms with Gasteiger partial charge in [-0.3, -0.25) is 9.69 Å². The third kappa shape index (κ3) is 5.34. The lowest BCUT2D eigenvalue weighted by molar-refractivity contribution is -0.117. The van der Waals surface area contributed by atoms with Crippen molar-refractivity contribution in [2.75, 3.05) is 56.0 Å². The number of amides is 1. The molecule has 2 aliphatic heterocycles. The first kappa shape index (κ1) is 23.6. The Balaban J connectivity index is 1.31. The van der Waals surface area contributed by atoms with Crippen molar-refractivity contribution >= 4 is 27.3 Å². The third-order valence-electron chi connectivity index (χ3n) is 6.14. The van der Waals surface area contributed by atoms with Crippen LogP contribution < -0.4 is 10.2 Å². The van der Waals surface area contributed by atoms with Crippen molar-refractivity contribution in [1.82, 2.24) is 9.21 Å². The first-order chi connectivity index (χ1) is 15.7. The van der Waals surface area contributed by atoms with E-state index in [9.17, 15) is 22.0 Å². The Morgan fingerprint density at radius 3 is 2.33 bits per heavy atom. The Kier molecular flexibility index (Phi) is 6.96. The van der Waals surface area contributed by atoms with Gasteiger partial charge in [0, 0.05) is 50.6 Å². The van der Waals surface area contributed by atoms with Crippen molar-refractivity contribution in [3.8, 4) is 0 Å². The Labute approximate surface area is 193 Å². The van der Waals surface area contributed by atoms with E-state index in [0.717, 1.165) is 40.8 Å². The normalized spacial score (nSPS) is 18.0. The van der Waals surface area contributed by atoms with Gasteiger partial charge in [0.1, 0.15) is 16.5 Å². The summed E-state index contributed by atoms with van der Waals surface area (Å²) in [5, 5.41) is 2.91. The smallest absolute Gasteiger partial charge is 0.246 e. The second-order valence-corrected chi connectivity index (χ2v) is 10.4. The Bertz CT molecular complexity index is 1130. The zero-order valence-corrected chi connectivity index (χ0v) is 19.4. The van der Waals surface area contributed by atoms with Crippen LogP contribution in [0.25, 0.3) is 0 Å². The van der Waals surface area contributed by atoms with Gasteiger partial charge in [-0.2, -0.15) is 4.31 Å². The molecule has 0 aromatic heterocycles. The molecule has 2 aromatic rings. The molecule has 0 bridgehead atoms. The molecule has 2 saturated heterocycles. The fourth-order valence-electron chi connectivity index (χ4n) is 4.39. The fraction of sp³-hybridized carbons (Fsp3) is 0.435. The number of benzene rings is 2. The zero-order chi connectivity index (χ0) is 23.6. The van der Waals surface area contributed by atoms with Crippen molar-refractivity contribution < 1.29 is 22.0 Å². The topological polar surface area (TPSA) is 73.0 Å². The van der Waals surface area contributed by atoms with Crippen molar-refractivity contribution in [1.29, 1.82) is 0 Å². The average molecular weight is 479 g/mol. The highest BCUT2D eigenvalue weighted by Gasteiger charge is 2.31. The molecule has 4 rings (SSSR count). The molecule has 0 saturated carbocycles. The molecule has 1 N–H and O–H groups in total. The monoisotopic (exact) mass is 478 g/mol. The fourth-order valence-corrected chi connectivity index (χ4v) is 5.89. The average Bonchev–Trinajstić information content (AvgIpc) is 3.30. The van der Waals surface area contributed by atoms with Gasteiger partial charge < -0.3 is 10.2 Å². The van der Waals surface area contributed by atoms with Gasteiger partial charge in [0.15, 0.2) is 0 Å². The highest BCUT2D eigenvalue weighted by Crippen LogP contribution is 2.27. The molecule has 0 unspecified atom stereocenters. The molecule has 178 valence electrons. The van der Waals surface area contributed by atoms with Crippen LogP contribution in [0.2, 0.25) is 0 Å². The number of hydrogen-bond donors (Lipinski definition) is 1. The highest BCUT2D eigenvalue weighted by atomic mass is 32.2. The summed E-state index contributed by atoms with van der Waals surface area (Å²) in [7, 11) is -4.14. The van der Waals surface area contributed by atoms with E-state index in [-0.39, 0.29) is 25.5 Å². The summed E-state index contributed by atoms with van der Waals surface area (Å²) >= 11 is 0. The molecular formula is C23H28F2N4O3S. The van der Waals surface area contributed by atoms with E-state index in [1.165, 1.54) is 18.5 Å². The van der Waals surface area contributed by atoms with E-state index < -0.39 is 26.6 Å². The van der Waals surface area contributed by atoms with E-state index >= 15 is 0 Å². The summed E-state index contributed by atoms with van der Waals surface area (Å²) in [6.07, 6.45) is 2.40. The summed E-state index contributed by atoms with van der Waals surface area (Å²) in [4.78, 5) is 16.1. The predicted octanol–water partition coefficient (Wildman–Crippen LogP) is 2.82. The highest BCUT2D eigenvalue weighted by molar-refractivity contribution is 7.89. The number of rotatable bonds is 6. The standard InChI is InChI=1S/C23H28F2N4O3S/c1-17-14-19(5-7-21(17)28-8-2-3-9-28)26-23(30)16-27-10-12-29(13-11-27)33(31,32)22-15-18(24)4-6-20(22)25/h4-7,14-15H,2-3,8-13,16H2,1H3,(H,26,30). The number of nitrogens with one attached hydrogen (secondary N) is 1. The van der Waals surface area contributed by atoms with Gasteiger partial charge in [0.2, 0.25) is 15.9 Å². The summed E-state index contributed by atoms with van der Waals surface area (Å²) < 4.78 is 54.0. The zero-order valence-electron chi connectivity index (χ0n) is 18.6. The summed E-state index contributed by atoms with van der Waals surface area (Å²) in [6, 6.07) is 8.28. The van der Waals surface area contributed by atoms with Crippen LogP contribution in [0, 0.1) is 18.6 Å². The van der Waals surface area contributed by atoms with Gasteiger partial charge in [-0.25, -0.2) is 17.2 Å². The van der Waals surface area contributed by atoms with Crippen molar-refractivity contribution in [3.05, 3.63) is 53.6 Å². The Morgan fingerprint density at radius 2 is 1.67 bits per heavy atom. The molecule has 7 nitrogen and oxygen atoms in total. The van der Waals surface area contributed by atoms with Gasteiger partial charge in [-0.1, -0.05) is 0 Å². The van der Waals surface area contributed by atoms with Crippen LogP contribution in [0.15, 0.2) is 41.3 Å². The van der Waals surface area contributed by atoms with Crippen LogP contribution in [0.4, 0.5) is 20.2 Å². The molecular weight excluding hydrogens is 450 g/mol. The number of piperazine rings is 1. The van der Waals surface area contributed by atoms with Crippen molar-refractivity contribution in [2.24, 2.45) is 0 Å². The van der Waals surface area contributed by atoms with Gasteiger partial charge in [0.25, 0.3) is 0 Å². The van der Waals surface area contributed by atoms with E-state index in [1.807, 2.05) is 30.0 Å². The van der Waals surface area contributed by atoms with Crippen LogP contribution >= 0.6 is 0 Å². The van der Waals surface area contributed by atoms with Crippen LogP contribution in [0.3, 0.4) is 0 Å². The largest absolute Gasteiger partial charge is 0.371 e. The number of sulfonamides is 1. The van der Waals surface area contributed by atoms with E-state index in [1.54, 1.807) is 0 Å². The third-order valence-corrected chi connectivity index (χ3v) is 8.05. The lowest BCUT2D eigenvalue weighted by Crippen LogP contribution is -2.50. The van der Waals surface area contributed by atoms with Gasteiger partial charge in [-0.15, -0.1) is 0 Å². The van der Waals surface area contributed by atoms with Crippen molar-refractivity contribution in [3.63, 3.8) is 0 Å². The van der Waals surface area contributed by atoms with Crippen LogP contribution in [0.5, 0.6) is 0 Å². The lowest BCUT2D eigenvalue weighted by Gasteiger charge is -2.33. The van der Waals surface area contributed by atoms with Crippen LogP contribution in [-0.2, 0) is 14.8 Å². The van der Waals surface area contributed by atoms with Gasteiger partial charge in [0.05, 0.1) is 6.54 Å². The molecule has 0 spiro atoms. The number of carbonyl (C=O) groups excluding carboxylic acids is 1. The molecule has 2 aromatic carbocycles. The minimum atomic E-state index is -4.14. The molecule has 0 aliphatic carbocycles. The number of anilines is 2.